The molecular weight excluding hydrogens is 430 g/mol. The van der Waals surface area contributed by atoms with E-state index in [1.165, 1.54) is 6.92 Å². The molecule has 3 rings (SSSR count). The van der Waals surface area contributed by atoms with E-state index in [9.17, 15) is 14.4 Å². The standard InChI is InChI=1S/C24H31NO8/c1-8-29-22(27)17-18(25-33-21(17)23(28)30-9-2)16-15-10-11-24(6,7)32-19(15)12(3)13(4)20(16)31-14(5)26/h17,21H,8-11H2,1-7H3/t17-,21-/m0/s1. The zero-order valence-corrected chi connectivity index (χ0v) is 20.2. The molecule has 0 aromatic heterocycles. The van der Waals surface area contributed by atoms with Gasteiger partial charge in [-0.2, -0.15) is 0 Å². The molecule has 9 nitrogen and oxygen atoms in total. The summed E-state index contributed by atoms with van der Waals surface area (Å²) >= 11 is 0. The predicted molar refractivity (Wildman–Crippen MR) is 118 cm³/mol. The zero-order chi connectivity index (χ0) is 24.5. The van der Waals surface area contributed by atoms with Crippen LogP contribution in [0.4, 0.5) is 0 Å². The molecule has 0 bridgehead atoms. The zero-order valence-electron chi connectivity index (χ0n) is 20.2. The highest BCUT2D eigenvalue weighted by Crippen LogP contribution is 2.46. The monoisotopic (exact) mass is 461 g/mol. The van der Waals surface area contributed by atoms with Crippen molar-refractivity contribution in [1.29, 1.82) is 0 Å². The van der Waals surface area contributed by atoms with Crippen molar-refractivity contribution in [3.05, 3.63) is 22.3 Å². The van der Waals surface area contributed by atoms with E-state index in [1.54, 1.807) is 20.8 Å². The van der Waals surface area contributed by atoms with Crippen molar-refractivity contribution in [3.63, 3.8) is 0 Å². The summed E-state index contributed by atoms with van der Waals surface area (Å²) in [6.07, 6.45) is -0.0254. The van der Waals surface area contributed by atoms with Gasteiger partial charge >= 0.3 is 17.9 Å². The lowest BCUT2D eigenvalue weighted by atomic mass is 9.82. The molecule has 0 amide bonds. The molecule has 2 aliphatic rings. The molecule has 0 N–H and O–H groups in total. The lowest BCUT2D eigenvalue weighted by Gasteiger charge is -2.36. The Balaban J connectivity index is 2.24. The first-order valence-electron chi connectivity index (χ1n) is 11.1. The average Bonchev–Trinajstić information content (AvgIpc) is 3.17. The van der Waals surface area contributed by atoms with Crippen molar-refractivity contribution in [2.75, 3.05) is 13.2 Å². The van der Waals surface area contributed by atoms with Crippen molar-refractivity contribution in [2.24, 2.45) is 11.1 Å². The number of carbonyl (C=O) groups is 3. The number of esters is 3. The minimum Gasteiger partial charge on any atom is -0.487 e. The summed E-state index contributed by atoms with van der Waals surface area (Å²) in [5.74, 6) is -2.19. The SMILES string of the molecule is CCOC(=O)[C@H]1C(c2c3c(c(C)c(C)c2OC(C)=O)OC(C)(C)CC3)=NO[C@@H]1C(=O)OCC. The second kappa shape index (κ2) is 9.41. The number of benzene rings is 1. The normalized spacial score (nSPS) is 20.6. The predicted octanol–water partition coefficient (Wildman–Crippen LogP) is 3.18. The minimum absolute atomic E-state index is 0.108. The van der Waals surface area contributed by atoms with E-state index in [0.29, 0.717) is 29.7 Å². The minimum atomic E-state index is -1.30. The third-order valence-electron chi connectivity index (χ3n) is 5.83. The van der Waals surface area contributed by atoms with Crippen molar-refractivity contribution < 1.29 is 38.2 Å². The van der Waals surface area contributed by atoms with E-state index < -0.39 is 35.5 Å². The Hall–Kier alpha value is -3.10. The van der Waals surface area contributed by atoms with E-state index in [1.807, 2.05) is 20.8 Å². The van der Waals surface area contributed by atoms with Crippen LogP contribution in [0.15, 0.2) is 5.16 Å². The molecule has 0 aliphatic carbocycles. The van der Waals surface area contributed by atoms with E-state index in [2.05, 4.69) is 5.16 Å². The van der Waals surface area contributed by atoms with E-state index in [0.717, 1.165) is 11.1 Å². The van der Waals surface area contributed by atoms with Gasteiger partial charge in [-0.05, 0) is 65.5 Å². The number of hydrogen-bond acceptors (Lipinski definition) is 9. The Bertz CT molecular complexity index is 1010. The average molecular weight is 462 g/mol. The first kappa shape index (κ1) is 24.5. The van der Waals surface area contributed by atoms with Crippen LogP contribution in [-0.2, 0) is 35.1 Å². The largest absolute Gasteiger partial charge is 0.487 e. The molecule has 1 aromatic rings. The number of hydrogen-bond donors (Lipinski definition) is 0. The molecule has 0 unspecified atom stereocenters. The molecule has 33 heavy (non-hydrogen) atoms. The van der Waals surface area contributed by atoms with Crippen LogP contribution in [0.3, 0.4) is 0 Å². The summed E-state index contributed by atoms with van der Waals surface area (Å²) < 4.78 is 22.3. The van der Waals surface area contributed by atoms with Crippen LogP contribution in [-0.4, -0.2) is 48.5 Å². The Morgan fingerprint density at radius 1 is 1.06 bits per heavy atom. The fraction of sp³-hybridized carbons (Fsp3) is 0.583. The Morgan fingerprint density at radius 2 is 1.70 bits per heavy atom. The fourth-order valence-electron chi connectivity index (χ4n) is 4.12. The van der Waals surface area contributed by atoms with E-state index in [4.69, 9.17) is 23.8 Å². The summed E-state index contributed by atoms with van der Waals surface area (Å²) in [5.41, 5.74) is 2.42. The van der Waals surface area contributed by atoms with Gasteiger partial charge in [0, 0.05) is 12.5 Å². The van der Waals surface area contributed by atoms with Crippen molar-refractivity contribution in [1.82, 2.24) is 0 Å². The third kappa shape index (κ3) is 4.67. The van der Waals surface area contributed by atoms with Crippen LogP contribution in [0.25, 0.3) is 0 Å². The molecule has 0 saturated carbocycles. The maximum Gasteiger partial charge on any atom is 0.351 e. The van der Waals surface area contributed by atoms with Gasteiger partial charge in [-0.15, -0.1) is 0 Å². The second-order valence-electron chi connectivity index (χ2n) is 8.70. The lowest BCUT2D eigenvalue weighted by Crippen LogP contribution is -2.40. The maximum absolute atomic E-state index is 13.0. The number of oxime groups is 1. The van der Waals surface area contributed by atoms with Gasteiger partial charge in [0.2, 0.25) is 6.10 Å². The van der Waals surface area contributed by atoms with E-state index >= 15 is 0 Å². The van der Waals surface area contributed by atoms with Crippen molar-refractivity contribution >= 4 is 23.6 Å². The maximum atomic E-state index is 13.0. The topological polar surface area (TPSA) is 110 Å². The van der Waals surface area contributed by atoms with Gasteiger partial charge in [-0.25, -0.2) is 4.79 Å². The Kier molecular flexibility index (Phi) is 7.00. The summed E-state index contributed by atoms with van der Waals surface area (Å²) in [6, 6.07) is 0. The van der Waals surface area contributed by atoms with Gasteiger partial charge < -0.3 is 23.8 Å². The number of fused-ring (bicyclic) bond motifs is 1. The van der Waals surface area contributed by atoms with Gasteiger partial charge in [0.25, 0.3) is 0 Å². The van der Waals surface area contributed by atoms with Gasteiger partial charge in [0.15, 0.2) is 5.92 Å². The number of rotatable bonds is 6. The molecular formula is C24H31NO8. The molecule has 2 heterocycles. The van der Waals surface area contributed by atoms with Crippen LogP contribution in [0.1, 0.15) is 63.3 Å². The number of carbonyl (C=O) groups excluding carboxylic acids is 3. The van der Waals surface area contributed by atoms with Crippen LogP contribution < -0.4 is 9.47 Å². The smallest absolute Gasteiger partial charge is 0.351 e. The van der Waals surface area contributed by atoms with Gasteiger partial charge in [0.05, 0.1) is 18.8 Å². The molecule has 0 radical (unpaired) electrons. The summed E-state index contributed by atoms with van der Waals surface area (Å²) in [5, 5.41) is 4.13. The first-order chi connectivity index (χ1) is 15.5. The van der Waals surface area contributed by atoms with Crippen molar-refractivity contribution in [2.45, 2.75) is 73.0 Å². The molecule has 1 aromatic carbocycles. The first-order valence-corrected chi connectivity index (χ1v) is 11.1. The van der Waals surface area contributed by atoms with Gasteiger partial charge in [-0.1, -0.05) is 5.16 Å². The molecule has 180 valence electrons. The highest BCUT2D eigenvalue weighted by Gasteiger charge is 2.49. The van der Waals surface area contributed by atoms with Crippen LogP contribution in [0, 0.1) is 19.8 Å². The summed E-state index contributed by atoms with van der Waals surface area (Å²) in [6.45, 7) is 12.5. The Morgan fingerprint density at radius 3 is 2.30 bits per heavy atom. The van der Waals surface area contributed by atoms with E-state index in [-0.39, 0.29) is 24.7 Å². The molecule has 0 saturated heterocycles. The third-order valence-corrected chi connectivity index (χ3v) is 5.83. The van der Waals surface area contributed by atoms with Gasteiger partial charge in [-0.3, -0.25) is 9.59 Å². The molecule has 0 spiro atoms. The molecule has 2 atom stereocenters. The lowest BCUT2D eigenvalue weighted by molar-refractivity contribution is -0.164. The quantitative estimate of drug-likeness (QED) is 0.469. The molecule has 0 fully saturated rings. The number of nitrogens with zero attached hydrogens (tertiary/aromatic N) is 1. The Labute approximate surface area is 193 Å². The van der Waals surface area contributed by atoms with Crippen molar-refractivity contribution in [3.8, 4) is 11.5 Å². The van der Waals surface area contributed by atoms with Crippen LogP contribution >= 0.6 is 0 Å². The van der Waals surface area contributed by atoms with Crippen LogP contribution in [0.2, 0.25) is 0 Å². The highest BCUT2D eigenvalue weighted by atomic mass is 16.7. The van der Waals surface area contributed by atoms with Gasteiger partial charge in [0.1, 0.15) is 22.8 Å². The summed E-state index contributed by atoms with van der Waals surface area (Å²) in [7, 11) is 0. The highest BCUT2D eigenvalue weighted by molar-refractivity contribution is 6.17. The molecule has 2 aliphatic heterocycles. The number of ether oxygens (including phenoxy) is 4. The summed E-state index contributed by atoms with van der Waals surface area (Å²) in [4.78, 5) is 42.9. The molecule has 9 heteroatoms. The van der Waals surface area contributed by atoms with Crippen LogP contribution in [0.5, 0.6) is 11.5 Å². The fourth-order valence-corrected chi connectivity index (χ4v) is 4.12. The second-order valence-corrected chi connectivity index (χ2v) is 8.70.